The van der Waals surface area contributed by atoms with Crippen molar-refractivity contribution in [1.29, 1.82) is 0 Å². The summed E-state index contributed by atoms with van der Waals surface area (Å²) in [5.74, 6) is -0.313. The predicted molar refractivity (Wildman–Crippen MR) is 57.4 cm³/mol. The highest BCUT2D eigenvalue weighted by molar-refractivity contribution is 5.98. The Morgan fingerprint density at radius 2 is 1.94 bits per heavy atom. The van der Waals surface area contributed by atoms with Crippen molar-refractivity contribution in [3.63, 3.8) is 0 Å². The Morgan fingerprint density at radius 1 is 1.35 bits per heavy atom. The number of Topliss-reactive ketones (excluding diaryl/α,β-unsaturated/α-hetero) is 1. The lowest BCUT2D eigenvalue weighted by Gasteiger charge is -2.15. The third-order valence-electron chi connectivity index (χ3n) is 2.28. The van der Waals surface area contributed by atoms with Gasteiger partial charge in [0.15, 0.2) is 5.78 Å². The smallest absolute Gasteiger partial charge is 0.416 e. The second-order valence-electron chi connectivity index (χ2n) is 3.65. The number of aryl methyl sites for hydroxylation is 1. The summed E-state index contributed by atoms with van der Waals surface area (Å²) in [5.41, 5.74) is -0.320. The van der Waals surface area contributed by atoms with E-state index in [1.807, 2.05) is 0 Å². The predicted octanol–water partition coefficient (Wildman–Crippen LogP) is 3.62. The first-order valence-corrected chi connectivity index (χ1v) is 5.13. The van der Waals surface area contributed by atoms with Crippen molar-refractivity contribution >= 4 is 5.78 Å². The van der Waals surface area contributed by atoms with Gasteiger partial charge in [0.1, 0.15) is 5.75 Å². The van der Waals surface area contributed by atoms with Crippen LogP contribution in [0.2, 0.25) is 0 Å². The van der Waals surface area contributed by atoms with Gasteiger partial charge in [0, 0.05) is 0 Å². The van der Waals surface area contributed by atoms with Crippen LogP contribution < -0.4 is 4.74 Å². The van der Waals surface area contributed by atoms with E-state index in [0.29, 0.717) is 0 Å². The van der Waals surface area contributed by atoms with Gasteiger partial charge in [0.2, 0.25) is 0 Å². The molecular weight excluding hydrogens is 233 g/mol. The molecule has 0 atom stereocenters. The van der Waals surface area contributed by atoms with Gasteiger partial charge in [-0.2, -0.15) is 13.2 Å². The van der Waals surface area contributed by atoms with Crippen molar-refractivity contribution in [2.45, 2.75) is 26.9 Å². The van der Waals surface area contributed by atoms with Crippen LogP contribution in [-0.2, 0) is 6.18 Å². The van der Waals surface area contributed by atoms with Crippen molar-refractivity contribution in [3.8, 4) is 5.75 Å². The number of rotatable bonds is 3. The molecule has 0 N–H and O–H groups in total. The summed E-state index contributed by atoms with van der Waals surface area (Å²) in [4.78, 5) is 11.4. The Hall–Kier alpha value is -1.52. The summed E-state index contributed by atoms with van der Waals surface area (Å²) in [6, 6.07) is 1.83. The van der Waals surface area contributed by atoms with Crippen LogP contribution in [0.1, 0.15) is 35.3 Å². The minimum absolute atomic E-state index is 0.00711. The summed E-state index contributed by atoms with van der Waals surface area (Å²) in [7, 11) is 0. The molecule has 0 aliphatic carbocycles. The first-order chi connectivity index (χ1) is 7.77. The lowest BCUT2D eigenvalue weighted by atomic mass is 10.0. The molecule has 0 bridgehead atoms. The van der Waals surface area contributed by atoms with Crippen LogP contribution in [0, 0.1) is 6.92 Å². The molecule has 0 radical (unpaired) electrons. The standard InChI is InChI=1S/C12H13F3O2/c1-4-17-10-6-9(12(13,14)15)5-7(2)11(10)8(3)16/h5-6H,4H2,1-3H3. The fourth-order valence-corrected chi connectivity index (χ4v) is 1.64. The Kier molecular flexibility index (Phi) is 3.80. The lowest BCUT2D eigenvalue weighted by molar-refractivity contribution is -0.137. The van der Waals surface area contributed by atoms with Crippen molar-refractivity contribution in [2.75, 3.05) is 6.61 Å². The maximum Gasteiger partial charge on any atom is 0.416 e. The lowest BCUT2D eigenvalue weighted by Crippen LogP contribution is -2.10. The van der Waals surface area contributed by atoms with E-state index in [1.54, 1.807) is 6.92 Å². The highest BCUT2D eigenvalue weighted by atomic mass is 19.4. The monoisotopic (exact) mass is 246 g/mol. The van der Waals surface area contributed by atoms with Gasteiger partial charge in [-0.3, -0.25) is 4.79 Å². The Morgan fingerprint density at radius 3 is 2.35 bits per heavy atom. The average molecular weight is 246 g/mol. The van der Waals surface area contributed by atoms with E-state index in [0.717, 1.165) is 12.1 Å². The molecule has 94 valence electrons. The fourth-order valence-electron chi connectivity index (χ4n) is 1.64. The maximum absolute atomic E-state index is 12.6. The molecule has 1 rings (SSSR count). The van der Waals surface area contributed by atoms with Crippen molar-refractivity contribution < 1.29 is 22.7 Å². The number of halogens is 3. The molecule has 17 heavy (non-hydrogen) atoms. The van der Waals surface area contributed by atoms with Gasteiger partial charge in [-0.05, 0) is 38.5 Å². The molecule has 0 aromatic heterocycles. The largest absolute Gasteiger partial charge is 0.493 e. The van der Waals surface area contributed by atoms with Crippen LogP contribution in [0.25, 0.3) is 0 Å². The number of hydrogen-bond acceptors (Lipinski definition) is 2. The van der Waals surface area contributed by atoms with Crippen LogP contribution in [0.15, 0.2) is 12.1 Å². The third-order valence-corrected chi connectivity index (χ3v) is 2.28. The normalized spacial score (nSPS) is 11.4. The number of ketones is 1. The van der Waals surface area contributed by atoms with E-state index < -0.39 is 11.7 Å². The summed E-state index contributed by atoms with van der Waals surface area (Å²) in [6.07, 6.45) is -4.44. The summed E-state index contributed by atoms with van der Waals surface area (Å²) >= 11 is 0. The highest BCUT2D eigenvalue weighted by Crippen LogP contribution is 2.35. The van der Waals surface area contributed by atoms with E-state index >= 15 is 0 Å². The van der Waals surface area contributed by atoms with Gasteiger partial charge in [-0.1, -0.05) is 0 Å². The van der Waals surface area contributed by atoms with Gasteiger partial charge < -0.3 is 4.74 Å². The molecule has 0 unspecified atom stereocenters. The van der Waals surface area contributed by atoms with Crippen molar-refractivity contribution in [1.82, 2.24) is 0 Å². The fraction of sp³-hybridized carbons (Fsp3) is 0.417. The number of carbonyl (C=O) groups excluding carboxylic acids is 1. The highest BCUT2D eigenvalue weighted by Gasteiger charge is 2.32. The van der Waals surface area contributed by atoms with Crippen molar-refractivity contribution in [3.05, 3.63) is 28.8 Å². The van der Waals surface area contributed by atoms with E-state index in [4.69, 9.17) is 4.74 Å². The quantitative estimate of drug-likeness (QED) is 0.761. The first kappa shape index (κ1) is 13.5. The molecular formula is C12H13F3O2. The van der Waals surface area contributed by atoms with E-state index in [-0.39, 0.29) is 29.3 Å². The number of ether oxygens (including phenoxy) is 1. The zero-order valence-electron chi connectivity index (χ0n) is 9.81. The Bertz CT molecular complexity index is 436. The first-order valence-electron chi connectivity index (χ1n) is 5.13. The molecule has 5 heteroatoms. The van der Waals surface area contributed by atoms with Gasteiger partial charge >= 0.3 is 6.18 Å². The molecule has 1 aromatic rings. The molecule has 0 aliphatic heterocycles. The molecule has 2 nitrogen and oxygen atoms in total. The summed E-state index contributed by atoms with van der Waals surface area (Å²) < 4.78 is 42.8. The van der Waals surface area contributed by atoms with E-state index in [1.165, 1.54) is 13.8 Å². The topological polar surface area (TPSA) is 26.3 Å². The number of alkyl halides is 3. The number of benzene rings is 1. The van der Waals surface area contributed by atoms with Gasteiger partial charge in [0.05, 0.1) is 17.7 Å². The van der Waals surface area contributed by atoms with Gasteiger partial charge in [-0.25, -0.2) is 0 Å². The van der Waals surface area contributed by atoms with E-state index in [9.17, 15) is 18.0 Å². The van der Waals surface area contributed by atoms with Crippen LogP contribution in [0.4, 0.5) is 13.2 Å². The molecule has 0 spiro atoms. The Labute approximate surface area is 97.4 Å². The van der Waals surface area contributed by atoms with E-state index in [2.05, 4.69) is 0 Å². The number of hydrogen-bond donors (Lipinski definition) is 0. The summed E-state index contributed by atoms with van der Waals surface area (Å²) in [6.45, 7) is 4.63. The van der Waals surface area contributed by atoms with Gasteiger partial charge in [0.25, 0.3) is 0 Å². The molecule has 0 saturated carbocycles. The summed E-state index contributed by atoms with van der Waals surface area (Å²) in [5, 5.41) is 0. The SMILES string of the molecule is CCOc1cc(C(F)(F)F)cc(C)c1C(C)=O. The van der Waals surface area contributed by atoms with Gasteiger partial charge in [-0.15, -0.1) is 0 Å². The molecule has 0 aliphatic rings. The minimum atomic E-state index is -4.44. The zero-order chi connectivity index (χ0) is 13.2. The minimum Gasteiger partial charge on any atom is -0.493 e. The van der Waals surface area contributed by atoms with Crippen molar-refractivity contribution in [2.24, 2.45) is 0 Å². The van der Waals surface area contributed by atoms with Crippen LogP contribution in [-0.4, -0.2) is 12.4 Å². The third kappa shape index (κ3) is 2.99. The zero-order valence-corrected chi connectivity index (χ0v) is 9.81. The molecule has 0 saturated heterocycles. The second-order valence-corrected chi connectivity index (χ2v) is 3.65. The Balaban J connectivity index is 3.41. The average Bonchev–Trinajstić information content (AvgIpc) is 2.15. The van der Waals surface area contributed by atoms with Crippen LogP contribution in [0.3, 0.4) is 0 Å². The van der Waals surface area contributed by atoms with Crippen LogP contribution >= 0.6 is 0 Å². The molecule has 0 heterocycles. The second kappa shape index (κ2) is 4.77. The maximum atomic E-state index is 12.6. The number of carbonyl (C=O) groups is 1. The van der Waals surface area contributed by atoms with Crippen LogP contribution in [0.5, 0.6) is 5.75 Å². The molecule has 0 fully saturated rings. The molecule has 1 aromatic carbocycles. The molecule has 0 amide bonds.